The van der Waals surface area contributed by atoms with Crippen LogP contribution in [0.4, 0.5) is 9.18 Å². The van der Waals surface area contributed by atoms with E-state index in [0.717, 1.165) is 5.56 Å². The third-order valence-corrected chi connectivity index (χ3v) is 5.12. The molecule has 0 saturated carbocycles. The van der Waals surface area contributed by atoms with Crippen molar-refractivity contribution >= 4 is 35.0 Å². The first kappa shape index (κ1) is 22.1. The molecule has 0 spiro atoms. The molecule has 3 aromatic rings. The van der Waals surface area contributed by atoms with E-state index in [1.54, 1.807) is 18.3 Å². The molecule has 2 aromatic carbocycles. The zero-order valence-electron chi connectivity index (χ0n) is 17.1. The van der Waals surface area contributed by atoms with Crippen molar-refractivity contribution in [3.8, 4) is 0 Å². The first-order valence-electron chi connectivity index (χ1n) is 9.85. The van der Waals surface area contributed by atoms with E-state index in [2.05, 4.69) is 16.5 Å². The largest absolute Gasteiger partial charge is 0.447 e. The molecule has 1 radical (unpaired) electrons. The number of rotatable bonds is 5. The van der Waals surface area contributed by atoms with Crippen LogP contribution < -0.4 is 5.48 Å². The number of ether oxygens (including phenoxy) is 1. The maximum absolute atomic E-state index is 13.1. The molecule has 1 atom stereocenters. The molecule has 4 rings (SSSR count). The van der Waals surface area contributed by atoms with Crippen LogP contribution in [0.3, 0.4) is 0 Å². The minimum Gasteiger partial charge on any atom is -0.447 e. The first-order valence-corrected chi connectivity index (χ1v) is 10.3. The van der Waals surface area contributed by atoms with E-state index >= 15 is 0 Å². The third-order valence-electron chi connectivity index (χ3n) is 4.80. The molecule has 1 aliphatic rings. The molecular formula is C24H17FN3O4S. The predicted octanol–water partition coefficient (Wildman–Crippen LogP) is 3.98. The molecule has 1 saturated heterocycles. The van der Waals surface area contributed by atoms with Gasteiger partial charge < -0.3 is 9.57 Å². The Balaban J connectivity index is 1.59. The molecule has 1 amide bonds. The number of benzene rings is 2. The lowest BCUT2D eigenvalue weighted by atomic mass is 10.0. The van der Waals surface area contributed by atoms with Crippen molar-refractivity contribution in [2.45, 2.75) is 6.04 Å². The molecule has 0 unspecified atom stereocenters. The SMILES string of the molecule is O=C([C]=C(c1cccnc1)N1C(=O)OC[C@H]1c1ccccc1)ONC(=S)c1ccc(F)cc1. The number of amides is 1. The number of pyridine rings is 1. The fraction of sp³-hybridized carbons (Fsp3) is 0.0833. The van der Waals surface area contributed by atoms with Crippen molar-refractivity contribution in [1.82, 2.24) is 15.4 Å². The maximum Gasteiger partial charge on any atom is 0.415 e. The van der Waals surface area contributed by atoms with Crippen LogP contribution in [0.5, 0.6) is 0 Å². The van der Waals surface area contributed by atoms with Gasteiger partial charge in [0.1, 0.15) is 23.5 Å². The molecule has 7 nitrogen and oxygen atoms in total. The normalized spacial score (nSPS) is 15.7. The number of carbonyl (C=O) groups is 2. The number of nitrogens with zero attached hydrogens (tertiary/aromatic N) is 2. The quantitative estimate of drug-likeness (QED) is 0.349. The van der Waals surface area contributed by atoms with Gasteiger partial charge in [0, 0.05) is 23.5 Å². The summed E-state index contributed by atoms with van der Waals surface area (Å²) in [5.74, 6) is -1.34. The van der Waals surface area contributed by atoms with E-state index in [-0.39, 0.29) is 17.3 Å². The average molecular weight is 462 g/mol. The number of hydrogen-bond acceptors (Lipinski definition) is 6. The van der Waals surface area contributed by atoms with E-state index in [4.69, 9.17) is 21.8 Å². The van der Waals surface area contributed by atoms with Crippen molar-refractivity contribution in [2.24, 2.45) is 0 Å². The van der Waals surface area contributed by atoms with Crippen LogP contribution in [-0.4, -0.2) is 33.5 Å². The Labute approximate surface area is 194 Å². The van der Waals surface area contributed by atoms with Gasteiger partial charge in [0.05, 0.1) is 11.7 Å². The van der Waals surface area contributed by atoms with Crippen LogP contribution in [0.1, 0.15) is 22.7 Å². The zero-order chi connectivity index (χ0) is 23.2. The summed E-state index contributed by atoms with van der Waals surface area (Å²) in [5.41, 5.74) is 4.25. The molecule has 1 aromatic heterocycles. The summed E-state index contributed by atoms with van der Waals surface area (Å²) >= 11 is 5.16. The van der Waals surface area contributed by atoms with Gasteiger partial charge in [0.15, 0.2) is 0 Å². The van der Waals surface area contributed by atoms with Gasteiger partial charge in [-0.3, -0.25) is 9.88 Å². The molecule has 2 heterocycles. The molecular weight excluding hydrogens is 445 g/mol. The summed E-state index contributed by atoms with van der Waals surface area (Å²) in [6.45, 7) is 0.107. The fourth-order valence-corrected chi connectivity index (χ4v) is 3.42. The highest BCUT2D eigenvalue weighted by atomic mass is 32.1. The van der Waals surface area contributed by atoms with E-state index in [1.165, 1.54) is 35.4 Å². The third kappa shape index (κ3) is 5.21. The fourth-order valence-electron chi connectivity index (χ4n) is 3.24. The number of hydroxylamine groups is 1. The molecule has 0 aliphatic carbocycles. The van der Waals surface area contributed by atoms with Crippen molar-refractivity contribution < 1.29 is 23.6 Å². The molecule has 9 heteroatoms. The molecule has 165 valence electrons. The molecule has 33 heavy (non-hydrogen) atoms. The van der Waals surface area contributed by atoms with Crippen molar-refractivity contribution in [2.75, 3.05) is 6.61 Å². The number of hydrogen-bond donors (Lipinski definition) is 1. The minimum absolute atomic E-state index is 0.0795. The van der Waals surface area contributed by atoms with Gasteiger partial charge in [-0.25, -0.2) is 19.5 Å². The summed E-state index contributed by atoms with van der Waals surface area (Å²) in [4.78, 5) is 35.7. The molecule has 1 N–H and O–H groups in total. The van der Waals surface area contributed by atoms with Gasteiger partial charge in [0.2, 0.25) is 0 Å². The topological polar surface area (TPSA) is 80.8 Å². The smallest absolute Gasteiger partial charge is 0.415 e. The zero-order valence-corrected chi connectivity index (χ0v) is 17.9. The van der Waals surface area contributed by atoms with Crippen LogP contribution in [0.25, 0.3) is 5.70 Å². The number of aromatic nitrogens is 1. The number of halogens is 1. The number of carbonyl (C=O) groups excluding carboxylic acids is 2. The average Bonchev–Trinajstić information content (AvgIpc) is 3.23. The predicted molar refractivity (Wildman–Crippen MR) is 121 cm³/mol. The number of nitrogens with one attached hydrogen (secondary N) is 1. The molecule has 1 aliphatic heterocycles. The van der Waals surface area contributed by atoms with E-state index in [9.17, 15) is 14.0 Å². The summed E-state index contributed by atoms with van der Waals surface area (Å²) < 4.78 is 18.4. The summed E-state index contributed by atoms with van der Waals surface area (Å²) in [6.07, 6.45) is 5.02. The Morgan fingerprint density at radius 3 is 2.58 bits per heavy atom. The van der Waals surface area contributed by atoms with Crippen LogP contribution >= 0.6 is 12.2 Å². The van der Waals surface area contributed by atoms with Crippen molar-refractivity contribution in [3.05, 3.63) is 108 Å². The molecule has 0 bridgehead atoms. The standard InChI is InChI=1S/C24H17FN3O4S/c25-19-10-8-17(9-11-19)23(33)27-32-22(29)13-20(18-7-4-12-26-14-18)28-21(15-31-24(28)30)16-5-2-1-3-6-16/h1-12,14,21H,15H2,(H,27,33)/t21-/m0/s1. The summed E-state index contributed by atoms with van der Waals surface area (Å²) in [6, 6.07) is 17.5. The van der Waals surface area contributed by atoms with Crippen molar-refractivity contribution in [1.29, 1.82) is 0 Å². The lowest BCUT2D eigenvalue weighted by Gasteiger charge is -2.24. The Kier molecular flexibility index (Phi) is 6.70. The van der Waals surface area contributed by atoms with Gasteiger partial charge in [-0.2, -0.15) is 0 Å². The second-order valence-corrected chi connectivity index (χ2v) is 7.32. The maximum atomic E-state index is 13.1. The highest BCUT2D eigenvalue weighted by Gasteiger charge is 2.37. The van der Waals surface area contributed by atoms with Crippen LogP contribution in [0.15, 0.2) is 79.1 Å². The summed E-state index contributed by atoms with van der Waals surface area (Å²) in [7, 11) is 0. The Morgan fingerprint density at radius 1 is 1.12 bits per heavy atom. The Morgan fingerprint density at radius 2 is 1.88 bits per heavy atom. The van der Waals surface area contributed by atoms with E-state index in [1.807, 2.05) is 30.3 Å². The first-order chi connectivity index (χ1) is 16.0. The highest BCUT2D eigenvalue weighted by molar-refractivity contribution is 7.80. The van der Waals surface area contributed by atoms with Crippen LogP contribution in [-0.2, 0) is 14.4 Å². The van der Waals surface area contributed by atoms with Crippen molar-refractivity contribution in [3.63, 3.8) is 0 Å². The monoisotopic (exact) mass is 462 g/mol. The van der Waals surface area contributed by atoms with Gasteiger partial charge >= 0.3 is 12.1 Å². The number of thiocarbonyl (C=S) groups is 1. The van der Waals surface area contributed by atoms with E-state index in [0.29, 0.717) is 11.1 Å². The van der Waals surface area contributed by atoms with Gasteiger partial charge in [-0.05, 0) is 42.0 Å². The lowest BCUT2D eigenvalue weighted by molar-refractivity contribution is -0.142. The number of cyclic esters (lactones) is 1. The Bertz CT molecular complexity index is 1190. The van der Waals surface area contributed by atoms with Gasteiger partial charge in [-0.15, -0.1) is 0 Å². The minimum atomic E-state index is -0.926. The Hall–Kier alpha value is -4.11. The second-order valence-electron chi connectivity index (χ2n) is 6.92. The lowest BCUT2D eigenvalue weighted by Crippen LogP contribution is -2.29. The van der Waals surface area contributed by atoms with Crippen LogP contribution in [0, 0.1) is 11.9 Å². The van der Waals surface area contributed by atoms with E-state index < -0.39 is 23.9 Å². The summed E-state index contributed by atoms with van der Waals surface area (Å²) in [5, 5.41) is 0. The van der Waals surface area contributed by atoms with Gasteiger partial charge in [-0.1, -0.05) is 42.5 Å². The van der Waals surface area contributed by atoms with Gasteiger partial charge in [0.25, 0.3) is 0 Å². The highest BCUT2D eigenvalue weighted by Crippen LogP contribution is 2.35. The molecule has 1 fully saturated rings. The second kappa shape index (κ2) is 10.0. The van der Waals surface area contributed by atoms with Crippen LogP contribution in [0.2, 0.25) is 0 Å².